The Hall–Kier alpha value is -2.33. The summed E-state index contributed by atoms with van der Waals surface area (Å²) in [5.74, 6) is -1.78. The Morgan fingerprint density at radius 3 is 2.38 bits per heavy atom. The van der Waals surface area contributed by atoms with Crippen LogP contribution < -0.4 is 10.4 Å². The van der Waals surface area contributed by atoms with Crippen LogP contribution >= 0.6 is 11.6 Å². The van der Waals surface area contributed by atoms with Crippen molar-refractivity contribution in [3.05, 3.63) is 64.7 Å². The SMILES string of the molecule is CCCN(NC[C@H](O)c1cccc(Cl)c1)c1ccc(C(O)(C(=O)OCC)C(F)(F)F)cc1. The first-order chi connectivity index (χ1) is 15.0. The van der Waals surface area contributed by atoms with E-state index >= 15 is 0 Å². The summed E-state index contributed by atoms with van der Waals surface area (Å²) < 4.78 is 45.0. The molecule has 32 heavy (non-hydrogen) atoms. The summed E-state index contributed by atoms with van der Waals surface area (Å²) in [6.45, 7) is 3.57. The van der Waals surface area contributed by atoms with Crippen LogP contribution in [-0.2, 0) is 15.1 Å². The normalized spacial score (nSPS) is 14.5. The molecule has 2 aromatic carbocycles. The molecule has 0 fully saturated rings. The van der Waals surface area contributed by atoms with Crippen LogP contribution in [0, 0.1) is 0 Å². The van der Waals surface area contributed by atoms with Crippen LogP contribution in [0.25, 0.3) is 0 Å². The van der Waals surface area contributed by atoms with Crippen molar-refractivity contribution in [1.82, 2.24) is 5.43 Å². The number of hydrogen-bond acceptors (Lipinski definition) is 6. The Labute approximate surface area is 189 Å². The Bertz CT molecular complexity index is 895. The fraction of sp³-hybridized carbons (Fsp3) is 0.409. The predicted molar refractivity (Wildman–Crippen MR) is 115 cm³/mol. The first kappa shape index (κ1) is 25.9. The van der Waals surface area contributed by atoms with Crippen LogP contribution in [0.2, 0.25) is 5.02 Å². The lowest BCUT2D eigenvalue weighted by Crippen LogP contribution is -2.50. The molecule has 0 radical (unpaired) electrons. The van der Waals surface area contributed by atoms with Crippen LogP contribution in [-0.4, -0.2) is 42.1 Å². The van der Waals surface area contributed by atoms with Crippen LogP contribution in [0.1, 0.15) is 37.5 Å². The van der Waals surface area contributed by atoms with Crippen molar-refractivity contribution < 1.29 is 32.9 Å². The maximum atomic E-state index is 13.5. The smallest absolute Gasteiger partial charge is 0.432 e. The molecule has 0 bridgehead atoms. The molecule has 0 amide bonds. The van der Waals surface area contributed by atoms with Crippen LogP contribution in [0.5, 0.6) is 0 Å². The number of ether oxygens (including phenoxy) is 1. The van der Waals surface area contributed by atoms with E-state index in [0.29, 0.717) is 29.2 Å². The maximum Gasteiger partial charge on any atom is 0.432 e. The summed E-state index contributed by atoms with van der Waals surface area (Å²) in [5, 5.41) is 22.8. The average molecular weight is 475 g/mol. The third kappa shape index (κ3) is 5.92. The number of hydrazine groups is 1. The molecule has 1 unspecified atom stereocenters. The lowest BCUT2D eigenvalue weighted by Gasteiger charge is -2.30. The van der Waals surface area contributed by atoms with E-state index in [0.717, 1.165) is 12.1 Å². The first-order valence-electron chi connectivity index (χ1n) is 10.1. The van der Waals surface area contributed by atoms with Crippen molar-refractivity contribution in [3.8, 4) is 0 Å². The number of hydrogen-bond donors (Lipinski definition) is 3. The second kappa shape index (κ2) is 11.0. The number of aliphatic hydroxyl groups is 2. The molecule has 3 N–H and O–H groups in total. The molecule has 0 aliphatic heterocycles. The summed E-state index contributed by atoms with van der Waals surface area (Å²) in [6, 6.07) is 11.5. The third-order valence-electron chi connectivity index (χ3n) is 4.73. The first-order valence-corrected chi connectivity index (χ1v) is 10.4. The summed E-state index contributed by atoms with van der Waals surface area (Å²) >= 11 is 5.95. The fourth-order valence-corrected chi connectivity index (χ4v) is 3.27. The quantitative estimate of drug-likeness (QED) is 0.355. The minimum atomic E-state index is -5.26. The second-order valence-electron chi connectivity index (χ2n) is 7.06. The summed E-state index contributed by atoms with van der Waals surface area (Å²) in [5.41, 5.74) is -0.270. The average Bonchev–Trinajstić information content (AvgIpc) is 2.75. The Morgan fingerprint density at radius 2 is 1.84 bits per heavy atom. The van der Waals surface area contributed by atoms with Gasteiger partial charge >= 0.3 is 12.1 Å². The molecular formula is C22H26ClF3N2O4. The number of nitrogens with zero attached hydrogens (tertiary/aromatic N) is 1. The molecule has 6 nitrogen and oxygen atoms in total. The second-order valence-corrected chi connectivity index (χ2v) is 7.50. The van der Waals surface area contributed by atoms with Gasteiger partial charge in [0.05, 0.1) is 18.4 Å². The number of esters is 1. The highest BCUT2D eigenvalue weighted by Gasteiger charge is 2.62. The van der Waals surface area contributed by atoms with E-state index in [1.165, 1.54) is 19.1 Å². The summed E-state index contributed by atoms with van der Waals surface area (Å²) in [6.07, 6.45) is -5.42. The third-order valence-corrected chi connectivity index (χ3v) is 4.97. The highest BCUT2D eigenvalue weighted by molar-refractivity contribution is 6.30. The summed E-state index contributed by atoms with van der Waals surface area (Å²) in [4.78, 5) is 11.9. The molecule has 176 valence electrons. The van der Waals surface area contributed by atoms with Gasteiger partial charge in [-0.3, -0.25) is 0 Å². The van der Waals surface area contributed by atoms with Gasteiger partial charge in [-0.2, -0.15) is 13.2 Å². The molecule has 0 saturated carbocycles. The number of nitrogens with one attached hydrogen (secondary N) is 1. The van der Waals surface area contributed by atoms with E-state index < -0.39 is 29.4 Å². The number of carbonyl (C=O) groups is 1. The van der Waals surface area contributed by atoms with E-state index in [2.05, 4.69) is 10.2 Å². The van der Waals surface area contributed by atoms with Crippen molar-refractivity contribution in [2.75, 3.05) is 24.7 Å². The van der Waals surface area contributed by atoms with Crippen molar-refractivity contribution in [3.63, 3.8) is 0 Å². The zero-order valence-corrected chi connectivity index (χ0v) is 18.5. The highest BCUT2D eigenvalue weighted by Crippen LogP contribution is 2.40. The topological polar surface area (TPSA) is 82.0 Å². The molecule has 0 aliphatic rings. The minimum absolute atomic E-state index is 0.122. The monoisotopic (exact) mass is 474 g/mol. The predicted octanol–water partition coefficient (Wildman–Crippen LogP) is 4.11. The lowest BCUT2D eigenvalue weighted by molar-refractivity contribution is -0.267. The van der Waals surface area contributed by atoms with Gasteiger partial charge in [-0.05, 0) is 43.2 Å². The zero-order chi connectivity index (χ0) is 23.9. The number of alkyl halides is 3. The van der Waals surface area contributed by atoms with Gasteiger partial charge in [-0.25, -0.2) is 10.2 Å². The molecular weight excluding hydrogens is 449 g/mol. The number of halogens is 4. The largest absolute Gasteiger partial charge is 0.463 e. The van der Waals surface area contributed by atoms with E-state index in [1.807, 2.05) is 6.92 Å². The molecule has 2 aromatic rings. The van der Waals surface area contributed by atoms with Gasteiger partial charge < -0.3 is 20.0 Å². The van der Waals surface area contributed by atoms with Gasteiger partial charge in [0.1, 0.15) is 0 Å². The molecule has 0 spiro atoms. The van der Waals surface area contributed by atoms with Gasteiger partial charge in [0, 0.05) is 23.7 Å². The fourth-order valence-electron chi connectivity index (χ4n) is 3.07. The van der Waals surface area contributed by atoms with E-state index in [-0.39, 0.29) is 13.2 Å². The zero-order valence-electron chi connectivity index (χ0n) is 17.7. The van der Waals surface area contributed by atoms with E-state index in [1.54, 1.807) is 29.3 Å². The maximum absolute atomic E-state index is 13.5. The van der Waals surface area contributed by atoms with Crippen molar-refractivity contribution in [1.29, 1.82) is 0 Å². The Morgan fingerprint density at radius 1 is 1.19 bits per heavy atom. The molecule has 2 atom stereocenters. The number of carbonyl (C=O) groups excluding carboxylic acids is 1. The lowest BCUT2D eigenvalue weighted by atomic mass is 9.93. The number of rotatable bonds is 10. The van der Waals surface area contributed by atoms with Gasteiger partial charge in [-0.15, -0.1) is 0 Å². The molecule has 0 aromatic heterocycles. The van der Waals surface area contributed by atoms with Crippen molar-refractivity contribution in [2.45, 2.75) is 38.1 Å². The highest BCUT2D eigenvalue weighted by atomic mass is 35.5. The molecule has 0 aliphatic carbocycles. The molecule has 2 rings (SSSR count). The van der Waals surface area contributed by atoms with E-state index in [9.17, 15) is 28.2 Å². The number of benzene rings is 2. The number of aliphatic hydroxyl groups excluding tert-OH is 1. The molecule has 0 heterocycles. The van der Waals surface area contributed by atoms with Gasteiger partial charge in [0.15, 0.2) is 0 Å². The van der Waals surface area contributed by atoms with Crippen LogP contribution in [0.15, 0.2) is 48.5 Å². The van der Waals surface area contributed by atoms with Crippen molar-refractivity contribution >= 4 is 23.3 Å². The van der Waals surface area contributed by atoms with Gasteiger partial charge in [0.2, 0.25) is 0 Å². The van der Waals surface area contributed by atoms with Crippen LogP contribution in [0.3, 0.4) is 0 Å². The number of anilines is 1. The Kier molecular flexibility index (Phi) is 8.91. The van der Waals surface area contributed by atoms with Crippen molar-refractivity contribution in [2.24, 2.45) is 0 Å². The van der Waals surface area contributed by atoms with Crippen LogP contribution in [0.4, 0.5) is 18.9 Å². The Balaban J connectivity index is 2.22. The van der Waals surface area contributed by atoms with Gasteiger partial charge in [-0.1, -0.05) is 42.8 Å². The molecule has 10 heteroatoms. The standard InChI is InChI=1S/C22H26ClF3N2O4/c1-3-12-28(27-14-19(29)15-6-5-7-17(23)13-15)18-10-8-16(9-11-18)21(31,22(24,25)26)20(30)32-4-2/h5-11,13,19,27,29,31H,3-4,12,14H2,1-2H3/t19-,21?/m0/s1. The van der Waals surface area contributed by atoms with Gasteiger partial charge in [0.25, 0.3) is 5.60 Å². The van der Waals surface area contributed by atoms with E-state index in [4.69, 9.17) is 11.6 Å². The minimum Gasteiger partial charge on any atom is -0.463 e. The molecule has 0 saturated heterocycles. The summed E-state index contributed by atoms with van der Waals surface area (Å²) in [7, 11) is 0.